The fourth-order valence-electron chi connectivity index (χ4n) is 6.27. The molecule has 0 radical (unpaired) electrons. The molecule has 0 saturated heterocycles. The van der Waals surface area contributed by atoms with Gasteiger partial charge in [-0.15, -0.1) is 0 Å². The van der Waals surface area contributed by atoms with Crippen LogP contribution in [0.1, 0.15) is 87.0 Å². The smallest absolute Gasteiger partial charge is 0.225 e. The number of aliphatic hydroxyl groups excluding tert-OH is 1. The molecule has 4 aromatic heterocycles. The molecule has 3 saturated carbocycles. The van der Waals surface area contributed by atoms with Gasteiger partial charge in [-0.25, -0.2) is 39.9 Å². The average Bonchev–Trinajstić information content (AvgIpc) is 3.24. The van der Waals surface area contributed by atoms with E-state index in [1.54, 1.807) is 23.4 Å². The SMILES string of the molecule is CSc1ncc(C#N)c(N(C(C)=O)C2CCC2)n1.CSc1ncc(C#N)c(N)n1.CSc1ncc(C#N)c(NC2CCC2)n1.CSc1ncc2c(n1)N(C1CCC1)C(O)C=C2N. The van der Waals surface area contributed by atoms with Gasteiger partial charge in [-0.3, -0.25) is 9.69 Å². The van der Waals surface area contributed by atoms with Crippen LogP contribution in [0.5, 0.6) is 0 Å². The van der Waals surface area contributed by atoms with Crippen molar-refractivity contribution in [3.05, 3.63) is 53.1 Å². The molecule has 0 bridgehead atoms. The average molecular weight is 913 g/mol. The van der Waals surface area contributed by atoms with Gasteiger partial charge in [-0.1, -0.05) is 47.0 Å². The molecule has 6 N–H and O–H groups in total. The van der Waals surface area contributed by atoms with Crippen LogP contribution in [0, 0.1) is 34.0 Å². The number of nitrogens with zero attached hydrogens (tertiary/aromatic N) is 13. The van der Waals surface area contributed by atoms with E-state index in [-0.39, 0.29) is 17.8 Å². The highest BCUT2D eigenvalue weighted by atomic mass is 32.2. The first-order chi connectivity index (χ1) is 30.0. The van der Waals surface area contributed by atoms with Crippen molar-refractivity contribution in [1.29, 1.82) is 15.8 Å². The second-order valence-corrected chi connectivity index (χ2v) is 17.2. The molecule has 18 nitrogen and oxygen atoms in total. The molecule has 3 fully saturated rings. The molecule has 22 heteroatoms. The Bertz CT molecular complexity index is 2360. The van der Waals surface area contributed by atoms with Gasteiger partial charge in [0.1, 0.15) is 58.6 Å². The number of hydrogen-bond donors (Lipinski definition) is 4. The Morgan fingerprint density at radius 1 is 0.742 bits per heavy atom. The van der Waals surface area contributed by atoms with E-state index < -0.39 is 6.23 Å². The van der Waals surface area contributed by atoms with Crippen molar-refractivity contribution in [1.82, 2.24) is 39.9 Å². The third-order valence-corrected chi connectivity index (χ3v) is 12.5. The molecule has 4 aliphatic rings. The third-order valence-electron chi connectivity index (χ3n) is 10.2. The fraction of sp³-hybridized carbons (Fsp3) is 0.450. The maximum Gasteiger partial charge on any atom is 0.225 e. The summed E-state index contributed by atoms with van der Waals surface area (Å²) in [4.78, 5) is 48.7. The van der Waals surface area contributed by atoms with E-state index in [1.807, 2.05) is 36.0 Å². The summed E-state index contributed by atoms with van der Waals surface area (Å²) in [7, 11) is 0. The van der Waals surface area contributed by atoms with Crippen molar-refractivity contribution >= 4 is 81.9 Å². The van der Waals surface area contributed by atoms with Gasteiger partial charge in [0.25, 0.3) is 0 Å². The first kappa shape index (κ1) is 47.6. The molecule has 1 unspecified atom stereocenters. The standard InChI is InChI=1S/C12H16N4OS.C12H14N4OS.C10H12N4S.C6H6N4S/c1-18-12-14-6-8-9(13)5-10(17)16(11(8)15-12)7-3-2-4-7;1-8(17)16(10-4-3-5-10)11-9(6-13)7-14-12(15-11)18-2;1-15-10-12-6-7(5-11)9(14-10)13-8-3-2-4-8;1-11-6-9-3-4(2-7)5(8)10-6/h5-7,10,17H,2-4,13H2,1H3;7,10H,3-5H2,1-2H3;6,8H,2-4H2,1H3,(H,12,13,14);3H,1H3,(H2,8,9,10). The van der Waals surface area contributed by atoms with Crippen LogP contribution in [0.4, 0.5) is 23.3 Å². The minimum absolute atomic E-state index is 0.0676. The summed E-state index contributed by atoms with van der Waals surface area (Å²) in [6, 6.07) is 7.08. The van der Waals surface area contributed by atoms with Crippen LogP contribution in [0.15, 0.2) is 51.5 Å². The minimum Gasteiger partial charge on any atom is -0.398 e. The molecular formula is C40H48N16O2S4. The predicted octanol–water partition coefficient (Wildman–Crippen LogP) is 5.85. The van der Waals surface area contributed by atoms with E-state index in [1.165, 1.54) is 92.0 Å². The van der Waals surface area contributed by atoms with Gasteiger partial charge in [0.2, 0.25) is 5.91 Å². The Morgan fingerprint density at radius 2 is 1.26 bits per heavy atom. The zero-order valence-electron chi connectivity index (χ0n) is 35.0. The van der Waals surface area contributed by atoms with Gasteiger partial charge in [0, 0.05) is 36.9 Å². The summed E-state index contributed by atoms with van der Waals surface area (Å²) in [5, 5.41) is 42.5. The molecule has 1 amide bonds. The molecule has 62 heavy (non-hydrogen) atoms. The number of nitrogens with two attached hydrogens (primary N) is 2. The number of carbonyl (C=O) groups excluding carboxylic acids is 1. The summed E-state index contributed by atoms with van der Waals surface area (Å²) < 4.78 is 0. The van der Waals surface area contributed by atoms with Crippen molar-refractivity contribution < 1.29 is 9.90 Å². The number of nitrogens with one attached hydrogen (secondary N) is 1. The number of aliphatic hydroxyl groups is 1. The number of fused-ring (bicyclic) bond motifs is 1. The van der Waals surface area contributed by atoms with Crippen LogP contribution < -0.4 is 26.6 Å². The maximum atomic E-state index is 11.8. The van der Waals surface area contributed by atoms with E-state index in [0.717, 1.165) is 43.5 Å². The van der Waals surface area contributed by atoms with Gasteiger partial charge in [0.15, 0.2) is 26.4 Å². The Balaban J connectivity index is 0.000000159. The third kappa shape index (κ3) is 11.9. The maximum absolute atomic E-state index is 11.8. The number of aromatic nitrogens is 8. The number of thioether (sulfide) groups is 4. The van der Waals surface area contributed by atoms with Gasteiger partial charge < -0.3 is 26.8 Å². The van der Waals surface area contributed by atoms with Crippen molar-refractivity contribution in [2.75, 3.05) is 45.9 Å². The number of nitriles is 3. The Labute approximate surface area is 378 Å². The summed E-state index contributed by atoms with van der Waals surface area (Å²) in [6.45, 7) is 1.51. The quantitative estimate of drug-likeness (QED) is 0.113. The molecule has 0 aromatic carbocycles. The summed E-state index contributed by atoms with van der Waals surface area (Å²) in [5.74, 6) is 2.08. The first-order valence-corrected chi connectivity index (χ1v) is 24.5. The Kier molecular flexibility index (Phi) is 17.8. The molecule has 3 aliphatic carbocycles. The highest BCUT2D eigenvalue weighted by Gasteiger charge is 2.35. The van der Waals surface area contributed by atoms with Crippen LogP contribution in [-0.4, -0.2) is 100 Å². The van der Waals surface area contributed by atoms with Crippen LogP contribution in [0.3, 0.4) is 0 Å². The van der Waals surface area contributed by atoms with Crippen LogP contribution in [0.25, 0.3) is 5.70 Å². The normalized spacial score (nSPS) is 16.4. The molecule has 0 spiro atoms. The van der Waals surface area contributed by atoms with E-state index in [2.05, 4.69) is 57.3 Å². The lowest BCUT2D eigenvalue weighted by atomic mass is 9.90. The monoisotopic (exact) mass is 912 g/mol. The van der Waals surface area contributed by atoms with Gasteiger partial charge in [0.05, 0.1) is 24.2 Å². The topological polar surface area (TPSA) is 282 Å². The summed E-state index contributed by atoms with van der Waals surface area (Å²) >= 11 is 5.77. The van der Waals surface area contributed by atoms with E-state index >= 15 is 0 Å². The van der Waals surface area contributed by atoms with Crippen LogP contribution >= 0.6 is 47.0 Å². The van der Waals surface area contributed by atoms with Crippen LogP contribution in [-0.2, 0) is 4.79 Å². The van der Waals surface area contributed by atoms with Crippen molar-refractivity contribution in [3.63, 3.8) is 0 Å². The number of anilines is 4. The lowest BCUT2D eigenvalue weighted by Crippen LogP contribution is -2.49. The molecule has 1 aliphatic heterocycles. The van der Waals surface area contributed by atoms with Crippen molar-refractivity contribution in [2.45, 2.75) is 110 Å². The van der Waals surface area contributed by atoms with Crippen molar-refractivity contribution in [3.8, 4) is 18.2 Å². The molecule has 4 aromatic rings. The number of nitrogen functional groups attached to an aromatic ring is 1. The lowest BCUT2D eigenvalue weighted by molar-refractivity contribution is -0.117. The van der Waals surface area contributed by atoms with E-state index in [0.29, 0.717) is 66.7 Å². The highest BCUT2D eigenvalue weighted by Crippen LogP contribution is 2.37. The number of rotatable bonds is 9. The molecule has 1 atom stereocenters. The molecule has 5 heterocycles. The minimum atomic E-state index is -0.674. The zero-order valence-corrected chi connectivity index (χ0v) is 38.3. The lowest BCUT2D eigenvalue weighted by Gasteiger charge is -2.43. The van der Waals surface area contributed by atoms with Gasteiger partial charge >= 0.3 is 0 Å². The van der Waals surface area contributed by atoms with Crippen LogP contribution in [0.2, 0.25) is 0 Å². The molecule has 8 rings (SSSR count). The van der Waals surface area contributed by atoms with Gasteiger partial charge in [-0.2, -0.15) is 15.8 Å². The van der Waals surface area contributed by atoms with E-state index in [9.17, 15) is 9.90 Å². The number of carbonyl (C=O) groups is 1. The number of amides is 1. The Morgan fingerprint density at radius 3 is 1.74 bits per heavy atom. The predicted molar refractivity (Wildman–Crippen MR) is 244 cm³/mol. The zero-order chi connectivity index (χ0) is 44.8. The Hall–Kier alpha value is -5.44. The first-order valence-electron chi connectivity index (χ1n) is 19.6. The van der Waals surface area contributed by atoms with Gasteiger partial charge in [-0.05, 0) is 88.9 Å². The highest BCUT2D eigenvalue weighted by molar-refractivity contribution is 7.99. The summed E-state index contributed by atoms with van der Waals surface area (Å²) in [5.41, 5.74) is 13.9. The molecule has 324 valence electrons. The summed E-state index contributed by atoms with van der Waals surface area (Å²) in [6.07, 6.45) is 24.9. The molecular weight excluding hydrogens is 865 g/mol. The fourth-order valence-corrected chi connectivity index (χ4v) is 7.63. The second kappa shape index (κ2) is 23.1. The second-order valence-electron chi connectivity index (χ2n) is 14.1. The van der Waals surface area contributed by atoms with E-state index in [4.69, 9.17) is 27.3 Å². The number of hydrogen-bond acceptors (Lipinski definition) is 21. The largest absolute Gasteiger partial charge is 0.398 e. The van der Waals surface area contributed by atoms with Crippen molar-refractivity contribution in [2.24, 2.45) is 5.73 Å².